The number of fused-ring (bicyclic) bond motifs is 1. The van der Waals surface area contributed by atoms with Crippen molar-refractivity contribution in [2.24, 2.45) is 5.92 Å². The van der Waals surface area contributed by atoms with Gasteiger partial charge in [0.15, 0.2) is 0 Å². The van der Waals surface area contributed by atoms with Crippen LogP contribution < -0.4 is 10.1 Å². The number of rotatable bonds is 7. The van der Waals surface area contributed by atoms with Gasteiger partial charge in [-0.2, -0.15) is 0 Å². The van der Waals surface area contributed by atoms with Crippen molar-refractivity contribution in [1.29, 1.82) is 0 Å². The molecule has 2 N–H and O–H groups in total. The van der Waals surface area contributed by atoms with Crippen LogP contribution in [0.2, 0.25) is 0 Å². The molecule has 0 aliphatic carbocycles. The standard InChI is InChI=1S/C24H30N4O2/c1-17-7-8-20-21(15-17)27-23(26-20)16-28-13-10-19(11-14-28)24(29)25-12-9-18-5-3-4-6-22(18)30-2/h3-8,15,19H,9-14,16H2,1-2H3,(H,25,29)(H,26,27). The van der Waals surface area contributed by atoms with Crippen molar-refractivity contribution in [2.45, 2.75) is 32.7 Å². The second-order valence-corrected chi connectivity index (χ2v) is 8.11. The molecule has 2 aromatic carbocycles. The number of carbonyl (C=O) groups excluding carboxylic acids is 1. The van der Waals surface area contributed by atoms with Crippen molar-refractivity contribution in [3.8, 4) is 5.75 Å². The molecule has 0 spiro atoms. The number of likely N-dealkylation sites (tertiary alicyclic amines) is 1. The Balaban J connectivity index is 1.23. The molecule has 1 aliphatic heterocycles. The van der Waals surface area contributed by atoms with E-state index in [1.807, 2.05) is 24.3 Å². The molecule has 1 aliphatic rings. The van der Waals surface area contributed by atoms with E-state index < -0.39 is 0 Å². The number of aromatic amines is 1. The smallest absolute Gasteiger partial charge is 0.223 e. The third-order valence-electron chi connectivity index (χ3n) is 5.90. The second kappa shape index (κ2) is 9.30. The first-order valence-corrected chi connectivity index (χ1v) is 10.7. The van der Waals surface area contributed by atoms with Crippen LogP contribution in [0, 0.1) is 12.8 Å². The van der Waals surface area contributed by atoms with Crippen LogP contribution in [-0.4, -0.2) is 47.5 Å². The summed E-state index contributed by atoms with van der Waals surface area (Å²) in [5.41, 5.74) is 4.46. The molecule has 6 heteroatoms. The highest BCUT2D eigenvalue weighted by atomic mass is 16.5. The van der Waals surface area contributed by atoms with Gasteiger partial charge in [-0.1, -0.05) is 24.3 Å². The number of hydrogen-bond donors (Lipinski definition) is 2. The molecule has 0 saturated carbocycles. The van der Waals surface area contributed by atoms with E-state index >= 15 is 0 Å². The van der Waals surface area contributed by atoms with Gasteiger partial charge in [0, 0.05) is 12.5 Å². The first-order valence-electron chi connectivity index (χ1n) is 10.7. The fourth-order valence-corrected chi connectivity index (χ4v) is 4.19. The van der Waals surface area contributed by atoms with Crippen LogP contribution in [0.15, 0.2) is 42.5 Å². The number of benzene rings is 2. The Morgan fingerprint density at radius 1 is 1.23 bits per heavy atom. The number of piperidine rings is 1. The average molecular weight is 407 g/mol. The van der Waals surface area contributed by atoms with Gasteiger partial charge in [0.1, 0.15) is 11.6 Å². The van der Waals surface area contributed by atoms with E-state index in [0.29, 0.717) is 6.54 Å². The number of imidazole rings is 1. The van der Waals surface area contributed by atoms with E-state index in [4.69, 9.17) is 9.72 Å². The van der Waals surface area contributed by atoms with Crippen LogP contribution in [0.25, 0.3) is 11.0 Å². The summed E-state index contributed by atoms with van der Waals surface area (Å²) in [5.74, 6) is 2.14. The minimum Gasteiger partial charge on any atom is -0.496 e. The number of carbonyl (C=O) groups is 1. The molecule has 3 aromatic rings. The molecule has 30 heavy (non-hydrogen) atoms. The largest absolute Gasteiger partial charge is 0.496 e. The zero-order valence-electron chi connectivity index (χ0n) is 17.8. The lowest BCUT2D eigenvalue weighted by molar-refractivity contribution is -0.126. The number of methoxy groups -OCH3 is 1. The summed E-state index contributed by atoms with van der Waals surface area (Å²) in [5, 5.41) is 3.11. The van der Waals surface area contributed by atoms with E-state index in [9.17, 15) is 4.79 Å². The lowest BCUT2D eigenvalue weighted by atomic mass is 9.96. The Hall–Kier alpha value is -2.86. The highest BCUT2D eigenvalue weighted by Gasteiger charge is 2.25. The average Bonchev–Trinajstić information content (AvgIpc) is 3.15. The Morgan fingerprint density at radius 2 is 2.03 bits per heavy atom. The monoisotopic (exact) mass is 406 g/mol. The molecule has 4 rings (SSSR count). The van der Waals surface area contributed by atoms with Crippen LogP contribution >= 0.6 is 0 Å². The van der Waals surface area contributed by atoms with Gasteiger partial charge >= 0.3 is 0 Å². The minimum atomic E-state index is 0.0947. The van der Waals surface area contributed by atoms with E-state index in [1.54, 1.807) is 7.11 Å². The molecule has 1 aromatic heterocycles. The number of H-pyrrole nitrogens is 1. The fraction of sp³-hybridized carbons (Fsp3) is 0.417. The first kappa shape index (κ1) is 20.4. The van der Waals surface area contributed by atoms with Crippen molar-refractivity contribution in [2.75, 3.05) is 26.7 Å². The van der Waals surface area contributed by atoms with Gasteiger partial charge in [0.25, 0.3) is 0 Å². The molecule has 0 bridgehead atoms. The quantitative estimate of drug-likeness (QED) is 0.631. The zero-order valence-corrected chi connectivity index (χ0v) is 17.8. The molecule has 2 heterocycles. The molecule has 0 atom stereocenters. The number of para-hydroxylation sites is 1. The predicted molar refractivity (Wildman–Crippen MR) is 119 cm³/mol. The predicted octanol–water partition coefficient (Wildman–Crippen LogP) is 3.45. The summed E-state index contributed by atoms with van der Waals surface area (Å²) >= 11 is 0. The maximum absolute atomic E-state index is 12.6. The molecule has 6 nitrogen and oxygen atoms in total. The second-order valence-electron chi connectivity index (χ2n) is 8.11. The summed E-state index contributed by atoms with van der Waals surface area (Å²) in [6.07, 6.45) is 2.56. The topological polar surface area (TPSA) is 70.2 Å². The van der Waals surface area contributed by atoms with E-state index in [0.717, 1.165) is 67.1 Å². The molecule has 1 saturated heterocycles. The molecule has 1 fully saturated rings. The molecule has 0 unspecified atom stereocenters. The maximum Gasteiger partial charge on any atom is 0.223 e. The Bertz CT molecular complexity index is 1010. The Labute approximate surface area is 177 Å². The highest BCUT2D eigenvalue weighted by Crippen LogP contribution is 2.21. The first-order chi connectivity index (χ1) is 14.6. The van der Waals surface area contributed by atoms with Crippen LogP contribution in [0.5, 0.6) is 5.75 Å². The molecular weight excluding hydrogens is 376 g/mol. The zero-order chi connectivity index (χ0) is 20.9. The Kier molecular flexibility index (Phi) is 6.33. The Morgan fingerprint density at radius 3 is 2.83 bits per heavy atom. The summed E-state index contributed by atoms with van der Waals surface area (Å²) in [7, 11) is 1.68. The number of ether oxygens (including phenoxy) is 1. The number of hydrogen-bond acceptors (Lipinski definition) is 4. The van der Waals surface area contributed by atoms with Crippen molar-refractivity contribution in [3.63, 3.8) is 0 Å². The third-order valence-corrected chi connectivity index (χ3v) is 5.90. The normalized spacial score (nSPS) is 15.4. The van der Waals surface area contributed by atoms with E-state index in [-0.39, 0.29) is 11.8 Å². The maximum atomic E-state index is 12.6. The van der Waals surface area contributed by atoms with Gasteiger partial charge in [-0.3, -0.25) is 9.69 Å². The number of nitrogens with one attached hydrogen (secondary N) is 2. The van der Waals surface area contributed by atoms with Gasteiger partial charge in [-0.05, 0) is 68.6 Å². The van der Waals surface area contributed by atoms with E-state index in [1.165, 1.54) is 5.56 Å². The van der Waals surface area contributed by atoms with Crippen molar-refractivity contribution >= 4 is 16.9 Å². The molecule has 1 amide bonds. The SMILES string of the molecule is COc1ccccc1CCNC(=O)C1CCN(Cc2nc3ccc(C)cc3[nH]2)CC1. The van der Waals surface area contributed by atoms with Gasteiger partial charge in [0.05, 0.1) is 24.7 Å². The van der Waals surface area contributed by atoms with Crippen molar-refractivity contribution in [1.82, 2.24) is 20.2 Å². The lowest BCUT2D eigenvalue weighted by Crippen LogP contribution is -2.40. The highest BCUT2D eigenvalue weighted by molar-refractivity contribution is 5.78. The van der Waals surface area contributed by atoms with E-state index in [2.05, 4.69) is 40.3 Å². The number of nitrogens with zero attached hydrogens (tertiary/aromatic N) is 2. The summed E-state index contributed by atoms with van der Waals surface area (Å²) in [6, 6.07) is 14.2. The van der Waals surface area contributed by atoms with Crippen LogP contribution in [0.3, 0.4) is 0 Å². The third kappa shape index (κ3) is 4.82. The summed E-state index contributed by atoms with van der Waals surface area (Å²) in [4.78, 5) is 23.1. The molecular formula is C24H30N4O2. The van der Waals surface area contributed by atoms with Gasteiger partial charge in [-0.15, -0.1) is 0 Å². The van der Waals surface area contributed by atoms with Crippen LogP contribution in [0.4, 0.5) is 0 Å². The number of aromatic nitrogens is 2. The van der Waals surface area contributed by atoms with Crippen molar-refractivity contribution < 1.29 is 9.53 Å². The fourth-order valence-electron chi connectivity index (χ4n) is 4.19. The summed E-state index contributed by atoms with van der Waals surface area (Å²) < 4.78 is 5.38. The van der Waals surface area contributed by atoms with Crippen LogP contribution in [-0.2, 0) is 17.8 Å². The summed E-state index contributed by atoms with van der Waals surface area (Å²) in [6.45, 7) is 5.36. The molecule has 158 valence electrons. The number of aryl methyl sites for hydroxylation is 1. The van der Waals surface area contributed by atoms with Gasteiger partial charge in [0.2, 0.25) is 5.91 Å². The molecule has 0 radical (unpaired) electrons. The van der Waals surface area contributed by atoms with Crippen molar-refractivity contribution in [3.05, 3.63) is 59.4 Å². The van der Waals surface area contributed by atoms with Crippen LogP contribution in [0.1, 0.15) is 29.8 Å². The number of amides is 1. The minimum absolute atomic E-state index is 0.0947. The van der Waals surface area contributed by atoms with Gasteiger partial charge < -0.3 is 15.0 Å². The van der Waals surface area contributed by atoms with Gasteiger partial charge in [-0.25, -0.2) is 4.98 Å². The lowest BCUT2D eigenvalue weighted by Gasteiger charge is -2.30.